The van der Waals surface area contributed by atoms with Crippen molar-refractivity contribution in [3.63, 3.8) is 0 Å². The van der Waals surface area contributed by atoms with Gasteiger partial charge < -0.3 is 9.30 Å². The maximum atomic E-state index is 12.7. The van der Waals surface area contributed by atoms with Crippen molar-refractivity contribution in [2.45, 2.75) is 25.2 Å². The van der Waals surface area contributed by atoms with Crippen LogP contribution in [0.4, 0.5) is 0 Å². The first kappa shape index (κ1) is 21.3. The number of carbonyl (C=O) groups excluding carboxylic acids is 1. The van der Waals surface area contributed by atoms with Gasteiger partial charge in [-0.25, -0.2) is 13.6 Å². The lowest BCUT2D eigenvalue weighted by Crippen LogP contribution is -2.27. The molecule has 0 aliphatic carbocycles. The van der Waals surface area contributed by atoms with Gasteiger partial charge in [-0.15, -0.1) is 0 Å². The number of carbonyl (C=O) groups is 1. The van der Waals surface area contributed by atoms with E-state index >= 15 is 0 Å². The van der Waals surface area contributed by atoms with Crippen LogP contribution in [0.25, 0.3) is 5.69 Å². The second kappa shape index (κ2) is 8.79. The third kappa shape index (κ3) is 5.26. The maximum absolute atomic E-state index is 12.7. The second-order valence-electron chi connectivity index (χ2n) is 6.67. The number of rotatable bonds is 9. The molecule has 0 radical (unpaired) electrons. The van der Waals surface area contributed by atoms with E-state index in [2.05, 4.69) is 0 Å². The summed E-state index contributed by atoms with van der Waals surface area (Å²) in [5.74, 6) is 0.0513. The number of aromatic nitrogens is 1. The molecular weight excluding hydrogens is 366 g/mol. The van der Waals surface area contributed by atoms with Crippen molar-refractivity contribution in [2.75, 3.05) is 33.9 Å². The number of ether oxygens (including phenoxy) is 1. The topological polar surface area (TPSA) is 94.6 Å². The summed E-state index contributed by atoms with van der Waals surface area (Å²) < 4.78 is 29.8. The first-order chi connectivity index (χ1) is 12.6. The number of likely N-dealkylation sites (N-methyl/N-ethyl adjacent to an activating group) is 1. The molecule has 8 heteroatoms. The van der Waals surface area contributed by atoms with E-state index in [1.54, 1.807) is 19.2 Å². The number of methoxy groups -OCH3 is 1. The highest BCUT2D eigenvalue weighted by Gasteiger charge is 2.18. The van der Waals surface area contributed by atoms with Gasteiger partial charge in [0.05, 0.1) is 11.4 Å². The average Bonchev–Trinajstić information content (AvgIpc) is 2.89. The van der Waals surface area contributed by atoms with Crippen molar-refractivity contribution in [3.05, 3.63) is 47.3 Å². The number of Topliss-reactive ketones (excluding diaryl/α,β-unsaturated/α-hetero) is 1. The summed E-state index contributed by atoms with van der Waals surface area (Å²) in [5, 5.41) is 5.15. The van der Waals surface area contributed by atoms with Crippen molar-refractivity contribution in [1.29, 1.82) is 0 Å². The zero-order chi connectivity index (χ0) is 20.2. The van der Waals surface area contributed by atoms with E-state index in [4.69, 9.17) is 9.88 Å². The van der Waals surface area contributed by atoms with Crippen LogP contribution in [-0.2, 0) is 14.8 Å². The average molecular weight is 394 g/mol. The van der Waals surface area contributed by atoms with Crippen LogP contribution in [0.3, 0.4) is 0 Å². The highest BCUT2D eigenvalue weighted by molar-refractivity contribution is 7.89. The monoisotopic (exact) mass is 393 g/mol. The minimum atomic E-state index is -3.73. The molecular formula is C19H27N3O4S. The predicted octanol–water partition coefficient (Wildman–Crippen LogP) is 1.89. The van der Waals surface area contributed by atoms with Gasteiger partial charge >= 0.3 is 0 Å². The molecule has 0 atom stereocenters. The number of sulfonamides is 1. The largest absolute Gasteiger partial charge is 0.385 e. The normalized spacial score (nSPS) is 11.9. The molecule has 0 bridgehead atoms. The number of nitrogens with zero attached hydrogens (tertiary/aromatic N) is 2. The molecule has 0 amide bonds. The molecule has 0 unspecified atom stereocenters. The fraction of sp³-hybridized carbons (Fsp3) is 0.421. The van der Waals surface area contributed by atoms with Gasteiger partial charge in [-0.1, -0.05) is 0 Å². The Morgan fingerprint density at radius 3 is 2.41 bits per heavy atom. The van der Waals surface area contributed by atoms with E-state index in [1.165, 1.54) is 12.1 Å². The smallest absolute Gasteiger partial charge is 0.238 e. The van der Waals surface area contributed by atoms with Crippen molar-refractivity contribution < 1.29 is 17.9 Å². The second-order valence-corrected chi connectivity index (χ2v) is 8.23. The lowest BCUT2D eigenvalue weighted by Gasteiger charge is -2.15. The lowest BCUT2D eigenvalue weighted by molar-refractivity contribution is 0.0938. The molecule has 0 saturated carbocycles. The molecule has 1 aromatic carbocycles. The molecule has 0 aliphatic rings. The number of hydrogen-bond donors (Lipinski definition) is 1. The Kier molecular flexibility index (Phi) is 6.94. The standard InChI is InChI=1S/C19H27N3O4S/c1-14-12-18(19(23)13-21(3)10-5-11-26-4)15(2)22(14)16-6-8-17(9-7-16)27(20,24)25/h6-9,12H,5,10-11,13H2,1-4H3,(H2,20,24,25). The molecule has 0 fully saturated rings. The summed E-state index contributed by atoms with van der Waals surface area (Å²) in [6.07, 6.45) is 0.871. The number of aryl methyl sites for hydroxylation is 1. The minimum absolute atomic E-state index is 0.0513. The molecule has 1 heterocycles. The molecule has 2 aromatic rings. The highest BCUT2D eigenvalue weighted by atomic mass is 32.2. The highest BCUT2D eigenvalue weighted by Crippen LogP contribution is 2.22. The van der Waals surface area contributed by atoms with E-state index in [9.17, 15) is 13.2 Å². The molecule has 7 nitrogen and oxygen atoms in total. The van der Waals surface area contributed by atoms with Gasteiger partial charge in [-0.2, -0.15) is 0 Å². The van der Waals surface area contributed by atoms with E-state index in [-0.39, 0.29) is 10.7 Å². The van der Waals surface area contributed by atoms with Crippen molar-refractivity contribution in [3.8, 4) is 5.69 Å². The van der Waals surface area contributed by atoms with Crippen LogP contribution in [0.5, 0.6) is 0 Å². The molecule has 2 N–H and O–H groups in total. The summed E-state index contributed by atoms with van der Waals surface area (Å²) in [6.45, 7) is 5.59. The fourth-order valence-electron chi connectivity index (χ4n) is 3.12. The van der Waals surface area contributed by atoms with Crippen LogP contribution in [0.2, 0.25) is 0 Å². The van der Waals surface area contributed by atoms with Crippen molar-refractivity contribution >= 4 is 15.8 Å². The zero-order valence-corrected chi connectivity index (χ0v) is 17.0. The van der Waals surface area contributed by atoms with Gasteiger partial charge in [0.2, 0.25) is 10.0 Å². The minimum Gasteiger partial charge on any atom is -0.385 e. The van der Waals surface area contributed by atoms with Crippen LogP contribution in [0.15, 0.2) is 35.2 Å². The first-order valence-electron chi connectivity index (χ1n) is 8.68. The Morgan fingerprint density at radius 1 is 1.22 bits per heavy atom. The summed E-state index contributed by atoms with van der Waals surface area (Å²) in [5.41, 5.74) is 3.18. The SMILES string of the molecule is COCCCN(C)CC(=O)c1cc(C)n(-c2ccc(S(N)(=O)=O)cc2)c1C. The maximum Gasteiger partial charge on any atom is 0.238 e. The Morgan fingerprint density at radius 2 is 1.85 bits per heavy atom. The molecule has 0 spiro atoms. The summed E-state index contributed by atoms with van der Waals surface area (Å²) in [6, 6.07) is 8.17. The number of ketones is 1. The van der Waals surface area contributed by atoms with E-state index < -0.39 is 10.0 Å². The number of benzene rings is 1. The van der Waals surface area contributed by atoms with Crippen molar-refractivity contribution in [1.82, 2.24) is 9.47 Å². The van der Waals surface area contributed by atoms with Gasteiger partial charge in [0.25, 0.3) is 0 Å². The molecule has 2 rings (SSSR count). The number of primary sulfonamides is 1. The molecule has 1 aromatic heterocycles. The molecule has 148 valence electrons. The Labute approximate surface area is 160 Å². The van der Waals surface area contributed by atoms with Crippen LogP contribution in [-0.4, -0.2) is 57.5 Å². The fourth-order valence-corrected chi connectivity index (χ4v) is 3.63. The molecule has 0 saturated heterocycles. The van der Waals surface area contributed by atoms with E-state index in [0.29, 0.717) is 18.7 Å². The molecule has 0 aliphatic heterocycles. The van der Waals surface area contributed by atoms with Gasteiger partial charge in [0, 0.05) is 42.9 Å². The predicted molar refractivity (Wildman–Crippen MR) is 105 cm³/mol. The Hall–Kier alpha value is -2.00. The third-order valence-corrected chi connectivity index (χ3v) is 5.39. The lowest BCUT2D eigenvalue weighted by atomic mass is 10.1. The quantitative estimate of drug-likeness (QED) is 0.519. The summed E-state index contributed by atoms with van der Waals surface area (Å²) >= 11 is 0. The van der Waals surface area contributed by atoms with E-state index in [0.717, 1.165) is 30.0 Å². The van der Waals surface area contributed by atoms with Gasteiger partial charge in [-0.05, 0) is 57.6 Å². The summed E-state index contributed by atoms with van der Waals surface area (Å²) in [7, 11) is -0.154. The third-order valence-electron chi connectivity index (χ3n) is 4.46. The zero-order valence-electron chi connectivity index (χ0n) is 16.2. The Bertz CT molecular complexity index is 902. The van der Waals surface area contributed by atoms with Crippen LogP contribution < -0.4 is 5.14 Å². The van der Waals surface area contributed by atoms with Gasteiger partial charge in [-0.3, -0.25) is 9.69 Å². The van der Waals surface area contributed by atoms with Gasteiger partial charge in [0.1, 0.15) is 0 Å². The van der Waals surface area contributed by atoms with Crippen LogP contribution in [0, 0.1) is 13.8 Å². The number of hydrogen-bond acceptors (Lipinski definition) is 5. The Balaban J connectivity index is 2.22. The number of nitrogens with two attached hydrogens (primary N) is 1. The van der Waals surface area contributed by atoms with Gasteiger partial charge in [0.15, 0.2) is 5.78 Å². The van der Waals surface area contributed by atoms with Crippen LogP contribution in [0.1, 0.15) is 28.2 Å². The molecule has 27 heavy (non-hydrogen) atoms. The van der Waals surface area contributed by atoms with Crippen LogP contribution >= 0.6 is 0 Å². The van der Waals surface area contributed by atoms with Crippen molar-refractivity contribution in [2.24, 2.45) is 5.14 Å². The summed E-state index contributed by atoms with van der Waals surface area (Å²) in [4.78, 5) is 14.7. The first-order valence-corrected chi connectivity index (χ1v) is 10.2. The van der Waals surface area contributed by atoms with E-state index in [1.807, 2.05) is 36.4 Å².